The van der Waals surface area contributed by atoms with E-state index in [1.165, 1.54) is 36.0 Å². The summed E-state index contributed by atoms with van der Waals surface area (Å²) in [5.41, 5.74) is -0.615. The van der Waals surface area contributed by atoms with E-state index in [0.717, 1.165) is 6.07 Å². The largest absolute Gasteiger partial charge is 0.437 e. The number of aromatic nitrogens is 1. The summed E-state index contributed by atoms with van der Waals surface area (Å²) in [4.78, 5) is 7.57. The Morgan fingerprint density at radius 1 is 1.36 bits per heavy atom. The highest BCUT2D eigenvalue weighted by atomic mass is 35.5. The van der Waals surface area contributed by atoms with Crippen LogP contribution in [0.25, 0.3) is 0 Å². The van der Waals surface area contributed by atoms with E-state index in [1.54, 1.807) is 18.5 Å². The number of nitriles is 1. The van der Waals surface area contributed by atoms with Crippen LogP contribution in [0, 0.1) is 11.5 Å². The number of amidine groups is 1. The summed E-state index contributed by atoms with van der Waals surface area (Å²) >= 11 is 7.31. The van der Waals surface area contributed by atoms with Crippen molar-refractivity contribution in [3.8, 4) is 17.8 Å². The summed E-state index contributed by atoms with van der Waals surface area (Å²) < 4.78 is 43.3. The van der Waals surface area contributed by atoms with Crippen molar-refractivity contribution in [1.82, 2.24) is 10.3 Å². The summed E-state index contributed by atoms with van der Waals surface area (Å²) in [6, 6.07) is 7.78. The van der Waals surface area contributed by atoms with Crippen LogP contribution in [0.1, 0.15) is 5.69 Å². The maximum atomic E-state index is 12.7. The first-order valence-corrected chi connectivity index (χ1v) is 8.23. The Labute approximate surface area is 150 Å². The van der Waals surface area contributed by atoms with E-state index in [1.807, 2.05) is 0 Å². The topological polar surface area (TPSA) is 70.3 Å². The monoisotopic (exact) mass is 386 g/mol. The Morgan fingerprint density at radius 2 is 2.12 bits per heavy atom. The van der Waals surface area contributed by atoms with Gasteiger partial charge in [0.2, 0.25) is 5.88 Å². The van der Waals surface area contributed by atoms with Gasteiger partial charge in [0.25, 0.3) is 0 Å². The maximum absolute atomic E-state index is 12.7. The van der Waals surface area contributed by atoms with Crippen molar-refractivity contribution >= 4 is 34.2 Å². The molecule has 0 fully saturated rings. The van der Waals surface area contributed by atoms with Crippen LogP contribution in [0.2, 0.25) is 5.02 Å². The molecule has 0 bridgehead atoms. The number of alkyl halides is 3. The van der Waals surface area contributed by atoms with Crippen LogP contribution in [0.15, 0.2) is 41.4 Å². The molecule has 1 aromatic carbocycles. The molecule has 0 aliphatic carbocycles. The van der Waals surface area contributed by atoms with Gasteiger partial charge in [-0.15, -0.1) is 0 Å². The molecule has 0 aliphatic heterocycles. The summed E-state index contributed by atoms with van der Waals surface area (Å²) in [5.74, 6) is -0.102. The van der Waals surface area contributed by atoms with Crippen molar-refractivity contribution in [1.29, 1.82) is 5.26 Å². The molecule has 0 saturated heterocycles. The van der Waals surface area contributed by atoms with Gasteiger partial charge in [0.05, 0.1) is 10.7 Å². The minimum absolute atomic E-state index is 0.131. The van der Waals surface area contributed by atoms with Gasteiger partial charge in [-0.05, 0) is 30.5 Å². The molecule has 0 aliphatic rings. The van der Waals surface area contributed by atoms with E-state index in [2.05, 4.69) is 15.3 Å². The predicted octanol–water partition coefficient (Wildman–Crippen LogP) is 4.97. The SMILES string of the molecule is CSC(=Nc1ccc(Oc2cccc(C(F)(F)F)n2)c(Cl)c1)NC#N. The zero-order valence-corrected chi connectivity index (χ0v) is 14.2. The molecule has 130 valence electrons. The third kappa shape index (κ3) is 5.27. The average Bonchev–Trinajstić information content (AvgIpc) is 2.56. The highest BCUT2D eigenvalue weighted by molar-refractivity contribution is 8.13. The highest BCUT2D eigenvalue weighted by Gasteiger charge is 2.32. The zero-order chi connectivity index (χ0) is 18.4. The number of ether oxygens (including phenoxy) is 1. The number of hydrogen-bond acceptors (Lipinski definition) is 5. The van der Waals surface area contributed by atoms with Gasteiger partial charge in [-0.2, -0.15) is 18.4 Å². The standard InChI is InChI=1S/C15H10ClF3N4OS/c1-25-14(21-8-20)22-9-5-6-11(10(16)7-9)24-13-4-2-3-12(23-13)15(17,18)19/h2-7H,1H3,(H,21,22). The summed E-state index contributed by atoms with van der Waals surface area (Å²) in [7, 11) is 0. The fraction of sp³-hybridized carbons (Fsp3) is 0.133. The van der Waals surface area contributed by atoms with Crippen molar-refractivity contribution in [3.05, 3.63) is 47.1 Å². The van der Waals surface area contributed by atoms with Gasteiger partial charge in [-0.3, -0.25) is 5.32 Å². The summed E-state index contributed by atoms with van der Waals surface area (Å²) in [6.07, 6.45) is -1.07. The lowest BCUT2D eigenvalue weighted by Crippen LogP contribution is -2.12. The minimum Gasteiger partial charge on any atom is -0.437 e. The fourth-order valence-corrected chi connectivity index (χ4v) is 2.23. The predicted molar refractivity (Wildman–Crippen MR) is 90.1 cm³/mol. The normalized spacial score (nSPS) is 11.8. The number of nitrogens with one attached hydrogen (secondary N) is 1. The van der Waals surface area contributed by atoms with Crippen molar-refractivity contribution in [2.75, 3.05) is 6.26 Å². The molecular weight excluding hydrogens is 377 g/mol. The molecule has 1 N–H and O–H groups in total. The minimum atomic E-state index is -4.57. The lowest BCUT2D eigenvalue weighted by atomic mass is 10.3. The van der Waals surface area contributed by atoms with E-state index in [0.29, 0.717) is 10.9 Å². The van der Waals surface area contributed by atoms with Crippen LogP contribution in [0.3, 0.4) is 0 Å². The van der Waals surface area contributed by atoms with Gasteiger partial charge in [0.1, 0.15) is 11.4 Å². The van der Waals surface area contributed by atoms with Crippen molar-refractivity contribution in [3.63, 3.8) is 0 Å². The number of hydrogen-bond donors (Lipinski definition) is 1. The lowest BCUT2D eigenvalue weighted by molar-refractivity contribution is -0.141. The number of benzene rings is 1. The molecule has 2 rings (SSSR count). The molecule has 1 aromatic heterocycles. The second-order valence-corrected chi connectivity index (χ2v) is 5.64. The fourth-order valence-electron chi connectivity index (χ4n) is 1.67. The summed E-state index contributed by atoms with van der Waals surface area (Å²) in [5, 5.41) is 11.5. The van der Waals surface area contributed by atoms with Crippen LogP contribution in [-0.2, 0) is 6.18 Å². The molecule has 5 nitrogen and oxygen atoms in total. The quantitative estimate of drug-likeness (QED) is 0.349. The summed E-state index contributed by atoms with van der Waals surface area (Å²) in [6.45, 7) is 0. The second-order valence-electron chi connectivity index (χ2n) is 4.43. The van der Waals surface area contributed by atoms with Gasteiger partial charge in [-0.1, -0.05) is 29.4 Å². The van der Waals surface area contributed by atoms with Gasteiger partial charge in [0, 0.05) is 6.07 Å². The molecule has 10 heteroatoms. The first-order valence-electron chi connectivity index (χ1n) is 6.63. The molecule has 0 atom stereocenters. The highest BCUT2D eigenvalue weighted by Crippen LogP contribution is 2.34. The molecule has 1 heterocycles. The Bertz CT molecular complexity index is 836. The first-order chi connectivity index (χ1) is 11.8. The van der Waals surface area contributed by atoms with Gasteiger partial charge >= 0.3 is 6.18 Å². The average molecular weight is 387 g/mol. The number of pyridine rings is 1. The molecule has 0 radical (unpaired) electrons. The van der Waals surface area contributed by atoms with Gasteiger partial charge in [0.15, 0.2) is 11.4 Å². The lowest BCUT2D eigenvalue weighted by Gasteiger charge is -2.10. The van der Waals surface area contributed by atoms with Crippen LogP contribution in [0.5, 0.6) is 11.6 Å². The molecular formula is C15H10ClF3N4OS. The van der Waals surface area contributed by atoms with E-state index >= 15 is 0 Å². The third-order valence-corrected chi connectivity index (χ3v) is 3.61. The molecule has 25 heavy (non-hydrogen) atoms. The van der Waals surface area contributed by atoms with Crippen LogP contribution in [-0.4, -0.2) is 16.4 Å². The number of halogens is 4. The molecule has 0 amide bonds. The second kappa shape index (κ2) is 8.09. The van der Waals surface area contributed by atoms with E-state index < -0.39 is 11.9 Å². The van der Waals surface area contributed by atoms with E-state index in [4.69, 9.17) is 21.6 Å². The van der Waals surface area contributed by atoms with E-state index in [-0.39, 0.29) is 16.7 Å². The molecule has 0 unspecified atom stereocenters. The maximum Gasteiger partial charge on any atom is 0.433 e. The van der Waals surface area contributed by atoms with Crippen molar-refractivity contribution < 1.29 is 17.9 Å². The smallest absolute Gasteiger partial charge is 0.433 e. The molecule has 0 spiro atoms. The third-order valence-electron chi connectivity index (χ3n) is 2.73. The van der Waals surface area contributed by atoms with E-state index in [9.17, 15) is 13.2 Å². The van der Waals surface area contributed by atoms with Crippen LogP contribution < -0.4 is 10.1 Å². The van der Waals surface area contributed by atoms with Gasteiger partial charge in [-0.25, -0.2) is 9.98 Å². The Kier molecular flexibility index (Phi) is 6.12. The number of nitrogens with zero attached hydrogens (tertiary/aromatic N) is 3. The van der Waals surface area contributed by atoms with Crippen LogP contribution in [0.4, 0.5) is 18.9 Å². The van der Waals surface area contributed by atoms with Crippen LogP contribution >= 0.6 is 23.4 Å². The Morgan fingerprint density at radius 3 is 2.72 bits per heavy atom. The van der Waals surface area contributed by atoms with Gasteiger partial charge < -0.3 is 4.74 Å². The Hall–Kier alpha value is -2.44. The number of thioether (sulfide) groups is 1. The number of aliphatic imine (C=N–C) groups is 1. The zero-order valence-electron chi connectivity index (χ0n) is 12.6. The number of rotatable bonds is 3. The molecule has 2 aromatic rings. The Balaban J connectivity index is 2.24. The van der Waals surface area contributed by atoms with Crippen molar-refractivity contribution in [2.24, 2.45) is 4.99 Å². The van der Waals surface area contributed by atoms with Crippen molar-refractivity contribution in [2.45, 2.75) is 6.18 Å². The first kappa shape index (κ1) is 18.9. The molecule has 0 saturated carbocycles.